The third-order valence-corrected chi connectivity index (χ3v) is 6.01. The highest BCUT2D eigenvalue weighted by atomic mass is 79.9. The summed E-state index contributed by atoms with van der Waals surface area (Å²) in [5.74, 6) is 0.768. The van der Waals surface area contributed by atoms with Crippen LogP contribution in [0, 0.1) is 27.2 Å². The lowest BCUT2D eigenvalue weighted by Gasteiger charge is -2.59. The molecule has 114 valence electrons. The van der Waals surface area contributed by atoms with E-state index in [1.807, 2.05) is 0 Å². The fourth-order valence-corrected chi connectivity index (χ4v) is 5.83. The van der Waals surface area contributed by atoms with Crippen LogP contribution in [0.1, 0.15) is 44.2 Å². The second-order valence-electron chi connectivity index (χ2n) is 6.81. The Morgan fingerprint density at radius 2 is 2.05 bits per heavy atom. The van der Waals surface area contributed by atoms with Gasteiger partial charge in [-0.25, -0.2) is 0 Å². The summed E-state index contributed by atoms with van der Waals surface area (Å²) in [6.45, 7) is 0. The summed E-state index contributed by atoms with van der Waals surface area (Å²) in [5, 5.41) is 25.6. The minimum absolute atomic E-state index is 0.278. The van der Waals surface area contributed by atoms with Crippen LogP contribution in [-0.4, -0.2) is 15.8 Å². The zero-order valence-electron chi connectivity index (χ0n) is 11.2. The highest BCUT2D eigenvalue weighted by Crippen LogP contribution is 2.63. The van der Waals surface area contributed by atoms with E-state index in [1.54, 1.807) is 0 Å². The molecule has 2 atom stereocenters. The Morgan fingerprint density at radius 3 is 2.57 bits per heavy atom. The molecule has 0 amide bonds. The van der Waals surface area contributed by atoms with E-state index in [2.05, 4.69) is 25.7 Å². The Bertz CT molecular complexity index is 604. The fraction of sp³-hybridized carbons (Fsp3) is 0.833. The molecule has 2 unspecified atom stereocenters. The van der Waals surface area contributed by atoms with Crippen LogP contribution in [0.2, 0.25) is 0 Å². The third kappa shape index (κ3) is 1.86. The van der Waals surface area contributed by atoms with Crippen LogP contribution in [0.5, 0.6) is 0 Å². The molecule has 0 radical (unpaired) electrons. The van der Waals surface area contributed by atoms with Crippen LogP contribution < -0.4 is 4.90 Å². The molecule has 0 aliphatic heterocycles. The molecular formula is C12H14BrN3O5. The Hall–Kier alpha value is -1.38. The largest absolute Gasteiger partial charge is 0.359 e. The Labute approximate surface area is 128 Å². The van der Waals surface area contributed by atoms with Gasteiger partial charge in [0.25, 0.3) is 9.69 Å². The zero-order valence-corrected chi connectivity index (χ0v) is 12.7. The predicted molar refractivity (Wildman–Crippen MR) is 70.3 cm³/mol. The molecule has 0 aromatic carbocycles. The molecule has 4 fully saturated rings. The number of halogens is 1. The van der Waals surface area contributed by atoms with E-state index in [1.165, 1.54) is 0 Å². The van der Waals surface area contributed by atoms with Gasteiger partial charge in [0.15, 0.2) is 0 Å². The normalized spacial score (nSPS) is 40.4. The van der Waals surface area contributed by atoms with Gasteiger partial charge in [0.2, 0.25) is 5.69 Å². The standard InChI is InChI=1S/C12H14BrN3O5/c13-10-9(14-21-15(10)17)11-2-7-1-8(3-11)5-12(4-7,6-11)20-16(18)19/h7-8H,1-6H2. The molecule has 1 aromatic rings. The smallest absolute Gasteiger partial charge is 0.295 e. The van der Waals surface area contributed by atoms with Crippen molar-refractivity contribution in [1.82, 2.24) is 5.16 Å². The first-order valence-electron chi connectivity index (χ1n) is 7.01. The van der Waals surface area contributed by atoms with Gasteiger partial charge in [-0.05, 0) is 55.3 Å². The van der Waals surface area contributed by atoms with E-state index in [0.29, 0.717) is 28.9 Å². The Kier molecular flexibility index (Phi) is 2.59. The van der Waals surface area contributed by atoms with Crippen LogP contribution in [0.15, 0.2) is 9.23 Å². The van der Waals surface area contributed by atoms with Gasteiger partial charge in [-0.3, -0.25) is 4.63 Å². The van der Waals surface area contributed by atoms with E-state index in [-0.39, 0.29) is 10.0 Å². The molecule has 4 saturated carbocycles. The zero-order chi connectivity index (χ0) is 14.8. The van der Waals surface area contributed by atoms with E-state index in [0.717, 1.165) is 32.1 Å². The molecule has 1 aromatic heterocycles. The minimum Gasteiger partial charge on any atom is -0.359 e. The van der Waals surface area contributed by atoms with E-state index in [9.17, 15) is 15.3 Å². The first kappa shape index (κ1) is 13.3. The molecule has 21 heavy (non-hydrogen) atoms. The van der Waals surface area contributed by atoms with Gasteiger partial charge >= 0.3 is 0 Å². The molecule has 5 rings (SSSR count). The number of hydrogen-bond acceptors (Lipinski definition) is 6. The van der Waals surface area contributed by atoms with Crippen LogP contribution in [0.4, 0.5) is 0 Å². The van der Waals surface area contributed by atoms with Gasteiger partial charge in [-0.15, -0.1) is 10.1 Å². The Balaban J connectivity index is 1.77. The van der Waals surface area contributed by atoms with Gasteiger partial charge in [-0.2, -0.15) is 0 Å². The topological polar surface area (TPSA) is 105 Å². The second kappa shape index (κ2) is 4.08. The van der Waals surface area contributed by atoms with Crippen molar-refractivity contribution in [1.29, 1.82) is 0 Å². The molecule has 8 nitrogen and oxygen atoms in total. The molecule has 4 bridgehead atoms. The summed E-state index contributed by atoms with van der Waals surface area (Å²) in [7, 11) is 0. The molecule has 9 heteroatoms. The lowest BCUT2D eigenvalue weighted by molar-refractivity contribution is -0.811. The molecule has 0 saturated heterocycles. The van der Waals surface area contributed by atoms with Gasteiger partial charge in [-0.1, -0.05) is 0 Å². The lowest BCUT2D eigenvalue weighted by Crippen LogP contribution is -2.59. The van der Waals surface area contributed by atoms with Crippen LogP contribution in [-0.2, 0) is 10.3 Å². The molecule has 1 heterocycles. The van der Waals surface area contributed by atoms with Gasteiger partial charge in [0, 0.05) is 26.5 Å². The first-order valence-corrected chi connectivity index (χ1v) is 7.80. The van der Waals surface area contributed by atoms with Crippen molar-refractivity contribution in [2.24, 2.45) is 11.8 Å². The molecular weight excluding hydrogens is 346 g/mol. The molecule has 4 aliphatic rings. The van der Waals surface area contributed by atoms with Crippen molar-refractivity contribution in [2.75, 3.05) is 0 Å². The Morgan fingerprint density at radius 1 is 1.38 bits per heavy atom. The summed E-state index contributed by atoms with van der Waals surface area (Å²) in [6, 6.07) is 0. The van der Waals surface area contributed by atoms with Crippen LogP contribution in [0.25, 0.3) is 0 Å². The maximum Gasteiger partial charge on any atom is 0.295 e. The van der Waals surface area contributed by atoms with Gasteiger partial charge in [0.1, 0.15) is 5.60 Å². The third-order valence-electron chi connectivity index (χ3n) is 5.34. The minimum atomic E-state index is -0.723. The number of hydrogen-bond donors (Lipinski definition) is 0. The van der Waals surface area contributed by atoms with Crippen LogP contribution in [0.3, 0.4) is 0 Å². The summed E-state index contributed by atoms with van der Waals surface area (Å²) >= 11 is 3.23. The molecule has 0 N–H and O–H groups in total. The maximum atomic E-state index is 11.5. The number of aromatic nitrogens is 2. The SMILES string of the molecule is O=[N+]([O-])OC12CC3CC(C1)CC(c1no[n+]([O-])c1Br)(C3)C2. The average molecular weight is 360 g/mol. The van der Waals surface area contributed by atoms with Crippen molar-refractivity contribution in [2.45, 2.75) is 49.5 Å². The average Bonchev–Trinajstić information content (AvgIpc) is 2.67. The van der Waals surface area contributed by atoms with E-state index < -0.39 is 10.7 Å². The highest BCUT2D eigenvalue weighted by Gasteiger charge is 2.63. The van der Waals surface area contributed by atoms with Crippen molar-refractivity contribution >= 4 is 15.9 Å². The maximum absolute atomic E-state index is 11.5. The predicted octanol–water partition coefficient (Wildman–Crippen LogP) is 1.87. The number of nitrogens with zero attached hydrogens (tertiary/aromatic N) is 3. The fourth-order valence-electron chi connectivity index (χ4n) is 5.27. The van der Waals surface area contributed by atoms with Gasteiger partial charge in [0.05, 0.1) is 0 Å². The van der Waals surface area contributed by atoms with Crippen LogP contribution >= 0.6 is 15.9 Å². The summed E-state index contributed by atoms with van der Waals surface area (Å²) < 4.78 is 4.97. The first-order chi connectivity index (χ1) is 9.91. The lowest BCUT2D eigenvalue weighted by atomic mass is 9.47. The van der Waals surface area contributed by atoms with Crippen molar-refractivity contribution in [3.05, 3.63) is 25.6 Å². The van der Waals surface area contributed by atoms with Crippen molar-refractivity contribution < 1.29 is 19.5 Å². The van der Waals surface area contributed by atoms with Gasteiger partial charge < -0.3 is 10.0 Å². The highest BCUT2D eigenvalue weighted by molar-refractivity contribution is 9.10. The summed E-state index contributed by atoms with van der Waals surface area (Å²) in [5.41, 5.74) is -0.486. The monoisotopic (exact) mass is 359 g/mol. The van der Waals surface area contributed by atoms with Crippen molar-refractivity contribution in [3.8, 4) is 0 Å². The molecule has 4 aliphatic carbocycles. The summed E-state index contributed by atoms with van der Waals surface area (Å²) in [4.78, 5) is 16.3. The van der Waals surface area contributed by atoms with Crippen molar-refractivity contribution in [3.63, 3.8) is 0 Å². The second-order valence-corrected chi connectivity index (χ2v) is 7.56. The summed E-state index contributed by atoms with van der Waals surface area (Å²) in [6.07, 6.45) is 4.82. The quantitative estimate of drug-likeness (QED) is 0.463. The van der Waals surface area contributed by atoms with E-state index in [4.69, 9.17) is 4.84 Å². The molecule has 0 spiro atoms. The number of rotatable bonds is 3. The van der Waals surface area contributed by atoms with E-state index >= 15 is 0 Å².